The molecule has 5 fully saturated rings. The molecule has 6 rings (SSSR count). The summed E-state index contributed by atoms with van der Waals surface area (Å²) in [5, 5.41) is 10.6. The number of rotatable bonds is 3. The first kappa shape index (κ1) is 17.7. The summed E-state index contributed by atoms with van der Waals surface area (Å²) in [6, 6.07) is 0. The lowest BCUT2D eigenvalue weighted by Crippen LogP contribution is -2.50. The van der Waals surface area contributed by atoms with Crippen molar-refractivity contribution in [3.05, 3.63) is 18.4 Å². The number of fused-ring (bicyclic) bond motifs is 7. The summed E-state index contributed by atoms with van der Waals surface area (Å²) >= 11 is 0. The lowest BCUT2D eigenvalue weighted by atomic mass is 9.49. The fourth-order valence-corrected chi connectivity index (χ4v) is 8.83. The highest BCUT2D eigenvalue weighted by atomic mass is 16.3. The normalized spacial score (nSPS) is 51.6. The van der Waals surface area contributed by atoms with Crippen molar-refractivity contribution in [3.8, 4) is 0 Å². The van der Waals surface area contributed by atoms with Crippen LogP contribution < -0.4 is 0 Å². The van der Waals surface area contributed by atoms with Crippen molar-refractivity contribution < 1.29 is 14.3 Å². The van der Waals surface area contributed by atoms with Crippen LogP contribution in [0, 0.1) is 46.8 Å². The van der Waals surface area contributed by atoms with E-state index in [0.717, 1.165) is 42.9 Å². The van der Waals surface area contributed by atoms with Crippen LogP contribution in [0.5, 0.6) is 0 Å². The number of aliphatic hydroxyl groups is 1. The second-order valence-electron chi connectivity index (χ2n) is 11.0. The molecule has 0 radical (unpaired) electrons. The average Bonchev–Trinajstić information content (AvgIpc) is 3.00. The lowest BCUT2D eigenvalue weighted by molar-refractivity contribution is -0.130. The van der Waals surface area contributed by atoms with Gasteiger partial charge in [-0.2, -0.15) is 0 Å². The number of hydrogen-bond donors (Lipinski definition) is 1. The molecule has 1 unspecified atom stereocenters. The van der Waals surface area contributed by atoms with Crippen LogP contribution in [0.3, 0.4) is 0 Å². The Labute approximate surface area is 167 Å². The Hall–Kier alpha value is -1.16. The van der Waals surface area contributed by atoms with Crippen LogP contribution >= 0.6 is 0 Å². The van der Waals surface area contributed by atoms with Crippen LogP contribution in [0.25, 0.3) is 0 Å². The summed E-state index contributed by atoms with van der Waals surface area (Å²) in [5.41, 5.74) is -0.103. The summed E-state index contributed by atoms with van der Waals surface area (Å²) < 4.78 is 5.35. The average molecular weight is 384 g/mol. The third-order valence-electron chi connectivity index (χ3n) is 10.2. The second-order valence-corrected chi connectivity index (χ2v) is 11.0. The minimum atomic E-state index is -0.276. The number of carbonyl (C=O) groups is 1. The highest BCUT2D eigenvalue weighted by Crippen LogP contribution is 2.68. The predicted molar refractivity (Wildman–Crippen MR) is 104 cm³/mol. The first-order valence-electron chi connectivity index (χ1n) is 11.6. The number of ketones is 1. The van der Waals surface area contributed by atoms with Gasteiger partial charge in [-0.05, 0) is 98.7 Å². The Morgan fingerprint density at radius 1 is 1.07 bits per heavy atom. The summed E-state index contributed by atoms with van der Waals surface area (Å²) in [4.78, 5) is 17.3. The summed E-state index contributed by atoms with van der Waals surface area (Å²) in [5.74, 6) is 5.72. The molecule has 1 heterocycles. The number of hydrogen-bond acceptors (Lipinski definition) is 4. The van der Waals surface area contributed by atoms with Crippen molar-refractivity contribution in [1.29, 1.82) is 0 Å². The minimum absolute atomic E-state index is 0.173. The van der Waals surface area contributed by atoms with Gasteiger partial charge in [-0.15, -0.1) is 0 Å². The number of nitrogens with zero attached hydrogens (tertiary/aromatic N) is 1. The van der Waals surface area contributed by atoms with Gasteiger partial charge >= 0.3 is 0 Å². The maximum Gasteiger partial charge on any atom is 0.201 e. The van der Waals surface area contributed by atoms with E-state index in [-0.39, 0.29) is 16.9 Å². The first-order valence-corrected chi connectivity index (χ1v) is 11.6. The molecular formula is C24H33NO3. The van der Waals surface area contributed by atoms with Crippen LogP contribution in [-0.4, -0.2) is 21.5 Å². The third-order valence-corrected chi connectivity index (χ3v) is 10.2. The van der Waals surface area contributed by atoms with Crippen LogP contribution in [0.4, 0.5) is 0 Å². The Morgan fingerprint density at radius 3 is 2.57 bits per heavy atom. The van der Waals surface area contributed by atoms with Crippen LogP contribution in [0.1, 0.15) is 70.6 Å². The molecule has 28 heavy (non-hydrogen) atoms. The zero-order valence-electron chi connectivity index (χ0n) is 17.0. The van der Waals surface area contributed by atoms with Gasteiger partial charge in [0.2, 0.25) is 5.89 Å². The Balaban J connectivity index is 1.21. The molecule has 1 N–H and O–H groups in total. The molecule has 0 aliphatic heterocycles. The number of aromatic nitrogens is 1. The Bertz CT molecular complexity index is 775. The van der Waals surface area contributed by atoms with E-state index >= 15 is 0 Å². The van der Waals surface area contributed by atoms with Crippen molar-refractivity contribution in [1.82, 2.24) is 4.98 Å². The zero-order valence-corrected chi connectivity index (χ0v) is 17.0. The molecule has 152 valence electrons. The lowest BCUT2D eigenvalue weighted by Gasteiger charge is -2.56. The number of Topliss-reactive ketones (excluding diaryl/α,β-unsaturated/α-hetero) is 1. The molecule has 0 saturated heterocycles. The van der Waals surface area contributed by atoms with Gasteiger partial charge in [0.05, 0.1) is 18.2 Å². The van der Waals surface area contributed by atoms with Crippen molar-refractivity contribution in [3.63, 3.8) is 0 Å². The third kappa shape index (κ3) is 2.39. The van der Waals surface area contributed by atoms with E-state index in [1.807, 2.05) is 0 Å². The van der Waals surface area contributed by atoms with E-state index in [2.05, 4.69) is 11.9 Å². The van der Waals surface area contributed by atoms with Gasteiger partial charge < -0.3 is 9.52 Å². The van der Waals surface area contributed by atoms with Crippen molar-refractivity contribution in [2.24, 2.45) is 46.8 Å². The molecule has 0 spiro atoms. The molecule has 1 aromatic heterocycles. The number of oxazole rings is 1. The molecule has 0 aromatic carbocycles. The number of carbonyl (C=O) groups excluding carboxylic acids is 1. The Morgan fingerprint density at radius 2 is 1.82 bits per heavy atom. The minimum Gasteiger partial charge on any atom is -0.449 e. The largest absolute Gasteiger partial charge is 0.449 e. The van der Waals surface area contributed by atoms with Crippen LogP contribution in [0.15, 0.2) is 16.9 Å². The van der Waals surface area contributed by atoms with Gasteiger partial charge in [0.15, 0.2) is 0 Å². The smallest absolute Gasteiger partial charge is 0.201 e. The maximum atomic E-state index is 13.1. The van der Waals surface area contributed by atoms with Gasteiger partial charge in [-0.1, -0.05) is 6.92 Å². The molecule has 5 aliphatic carbocycles. The predicted octanol–water partition coefficient (Wildman–Crippen LogP) is 4.42. The van der Waals surface area contributed by atoms with Crippen molar-refractivity contribution in [2.75, 3.05) is 0 Å². The molecule has 1 aromatic rings. The molecule has 0 bridgehead atoms. The van der Waals surface area contributed by atoms with Gasteiger partial charge in [-0.3, -0.25) is 4.79 Å². The highest BCUT2D eigenvalue weighted by molar-refractivity contribution is 5.83. The van der Waals surface area contributed by atoms with E-state index in [1.165, 1.54) is 38.5 Å². The van der Waals surface area contributed by atoms with Gasteiger partial charge in [-0.25, -0.2) is 4.98 Å². The van der Waals surface area contributed by atoms with E-state index < -0.39 is 0 Å². The standard InChI is InChI=1S/C24H33NO3/c1-23-8-6-14-15-7-9-24(27)13-20(24)17(15)3-2-16(14)18(23)4-5-19(23)21(26)12-22-25-10-11-28-22/h10-11,14-20,27H,2-9,12-13H2,1H3/t14-,15-,16-,17-,18+,19-,20?,23+,24+/m1/s1. The van der Waals surface area contributed by atoms with Crippen LogP contribution in [0.2, 0.25) is 0 Å². The van der Waals surface area contributed by atoms with E-state index in [9.17, 15) is 9.90 Å². The molecule has 4 nitrogen and oxygen atoms in total. The molecule has 9 atom stereocenters. The second kappa shape index (κ2) is 5.93. The SMILES string of the molecule is C[C@]12CC[C@@H]3[C@H]4CC[C@]5(O)CC5[C@@H]4CC[C@H]3[C@@H]1CC[C@@H]2C(=O)Cc1ncco1. The fraction of sp³-hybridized carbons (Fsp3) is 0.833. The first-order chi connectivity index (χ1) is 13.5. The van der Waals surface area contributed by atoms with Gasteiger partial charge in [0, 0.05) is 5.92 Å². The molecule has 4 heteroatoms. The summed E-state index contributed by atoms with van der Waals surface area (Å²) in [6.07, 6.45) is 14.4. The Kier molecular flexibility index (Phi) is 3.75. The monoisotopic (exact) mass is 383 g/mol. The summed E-state index contributed by atoms with van der Waals surface area (Å²) in [6.45, 7) is 2.42. The van der Waals surface area contributed by atoms with Gasteiger partial charge in [0.25, 0.3) is 0 Å². The highest BCUT2D eigenvalue weighted by Gasteiger charge is 2.65. The topological polar surface area (TPSA) is 63.3 Å². The maximum absolute atomic E-state index is 13.1. The molecule has 5 saturated carbocycles. The van der Waals surface area contributed by atoms with Gasteiger partial charge in [0.1, 0.15) is 12.0 Å². The molecule has 0 amide bonds. The zero-order chi connectivity index (χ0) is 19.1. The summed E-state index contributed by atoms with van der Waals surface area (Å²) in [7, 11) is 0. The van der Waals surface area contributed by atoms with E-state index in [4.69, 9.17) is 4.42 Å². The molecular weight excluding hydrogens is 350 g/mol. The van der Waals surface area contributed by atoms with Crippen LogP contribution in [-0.2, 0) is 11.2 Å². The quantitative estimate of drug-likeness (QED) is 0.839. The van der Waals surface area contributed by atoms with Crippen molar-refractivity contribution >= 4 is 5.78 Å². The van der Waals surface area contributed by atoms with Crippen molar-refractivity contribution in [2.45, 2.75) is 76.7 Å². The molecule has 5 aliphatic rings. The van der Waals surface area contributed by atoms with E-state index in [1.54, 1.807) is 12.5 Å². The fourth-order valence-electron chi connectivity index (χ4n) is 8.83. The van der Waals surface area contributed by atoms with E-state index in [0.29, 0.717) is 29.9 Å².